The molecule has 0 spiro atoms. The Labute approximate surface area is 201 Å². The van der Waals surface area contributed by atoms with Gasteiger partial charge in [-0.3, -0.25) is 14.5 Å². The molecule has 2 unspecified atom stereocenters. The molecule has 0 radical (unpaired) electrons. The number of hydrogen-bond acceptors (Lipinski definition) is 4. The number of aliphatic carboxylic acids is 1. The highest BCUT2D eigenvalue weighted by Gasteiger charge is 2.36. The van der Waals surface area contributed by atoms with E-state index in [4.69, 9.17) is 0 Å². The Morgan fingerprint density at radius 1 is 1.12 bits per heavy atom. The normalized spacial score (nSPS) is 20.4. The number of likely N-dealkylation sites (tertiary alicyclic amines) is 1. The van der Waals surface area contributed by atoms with E-state index in [1.807, 2.05) is 27.7 Å². The van der Waals surface area contributed by atoms with Gasteiger partial charge in [-0.1, -0.05) is 60.0 Å². The molecule has 1 saturated heterocycles. The summed E-state index contributed by atoms with van der Waals surface area (Å²) in [4.78, 5) is 42.1. The molecular formula is C26H47N3O4. The van der Waals surface area contributed by atoms with E-state index in [9.17, 15) is 19.5 Å². The van der Waals surface area contributed by atoms with E-state index in [0.717, 1.165) is 45.1 Å². The van der Waals surface area contributed by atoms with Crippen LogP contribution in [0.15, 0.2) is 11.6 Å². The van der Waals surface area contributed by atoms with Gasteiger partial charge < -0.3 is 15.3 Å². The molecule has 7 nitrogen and oxygen atoms in total. The van der Waals surface area contributed by atoms with Crippen molar-refractivity contribution in [2.24, 2.45) is 11.8 Å². The van der Waals surface area contributed by atoms with Crippen molar-refractivity contribution >= 4 is 17.8 Å². The van der Waals surface area contributed by atoms with Gasteiger partial charge in [0.25, 0.3) is 0 Å². The van der Waals surface area contributed by atoms with Crippen molar-refractivity contribution in [2.45, 2.75) is 111 Å². The van der Waals surface area contributed by atoms with Crippen LogP contribution < -0.4 is 5.32 Å². The van der Waals surface area contributed by atoms with Crippen molar-refractivity contribution < 1.29 is 19.5 Å². The maximum Gasteiger partial charge on any atom is 0.331 e. The van der Waals surface area contributed by atoms with Crippen molar-refractivity contribution in [3.8, 4) is 0 Å². The first-order valence-electron chi connectivity index (χ1n) is 12.7. The average Bonchev–Trinajstić information content (AvgIpc) is 2.77. The van der Waals surface area contributed by atoms with Crippen molar-refractivity contribution in [3.05, 3.63) is 11.6 Å². The second-order valence-electron chi connectivity index (χ2n) is 10.3. The molecule has 0 saturated carbocycles. The van der Waals surface area contributed by atoms with Crippen LogP contribution >= 0.6 is 0 Å². The van der Waals surface area contributed by atoms with E-state index in [0.29, 0.717) is 6.04 Å². The standard InChI is InChI=1S/C26H47N3O4/c1-9-10-13-20(7)29-15-12-11-14-21(29)24(30)27-23(18(4)5)25(31)28(8)22(17(2)3)16-19(6)26(32)33/h16-18,20-23H,9-15H2,1-8H3,(H,27,30)(H,32,33)/t20?,21?,22-,23+/m1/s1. The first-order chi connectivity index (χ1) is 15.4. The van der Waals surface area contributed by atoms with Crippen LogP contribution in [0.5, 0.6) is 0 Å². The van der Waals surface area contributed by atoms with Crippen molar-refractivity contribution in [2.75, 3.05) is 13.6 Å². The SMILES string of the molecule is CCCCC(C)N1CCCCC1C(=O)N[C@H](C(=O)N(C)[C@H](C=C(C)C(=O)O)C(C)C)C(C)C. The highest BCUT2D eigenvalue weighted by Crippen LogP contribution is 2.23. The van der Waals surface area contributed by atoms with E-state index in [2.05, 4.69) is 24.1 Å². The number of amides is 2. The highest BCUT2D eigenvalue weighted by atomic mass is 16.4. The summed E-state index contributed by atoms with van der Waals surface area (Å²) in [5.41, 5.74) is 0.206. The number of carboxylic acids is 1. The molecule has 1 heterocycles. The van der Waals surface area contributed by atoms with Crippen LogP contribution in [0.4, 0.5) is 0 Å². The largest absolute Gasteiger partial charge is 0.478 e. The number of hydrogen-bond donors (Lipinski definition) is 2. The maximum atomic E-state index is 13.5. The molecule has 0 aromatic heterocycles. The Balaban J connectivity index is 3.04. The molecule has 1 aliphatic heterocycles. The molecular weight excluding hydrogens is 418 g/mol. The Hall–Kier alpha value is -1.89. The Morgan fingerprint density at radius 2 is 1.76 bits per heavy atom. The molecule has 7 heteroatoms. The number of rotatable bonds is 12. The van der Waals surface area contributed by atoms with Gasteiger partial charge in [-0.05, 0) is 51.5 Å². The lowest BCUT2D eigenvalue weighted by molar-refractivity contribution is -0.140. The van der Waals surface area contributed by atoms with Crippen LogP contribution in [0.1, 0.15) is 87.0 Å². The predicted octanol–water partition coefficient (Wildman–Crippen LogP) is 4.07. The zero-order chi connectivity index (χ0) is 25.3. The second-order valence-corrected chi connectivity index (χ2v) is 10.3. The number of nitrogens with one attached hydrogen (secondary N) is 1. The van der Waals surface area contributed by atoms with Gasteiger partial charge in [0, 0.05) is 18.7 Å². The topological polar surface area (TPSA) is 90.0 Å². The maximum absolute atomic E-state index is 13.5. The molecule has 1 aliphatic rings. The molecule has 1 rings (SSSR count). The lowest BCUT2D eigenvalue weighted by Crippen LogP contribution is -2.59. The summed E-state index contributed by atoms with van der Waals surface area (Å²) in [6.07, 6.45) is 7.91. The summed E-state index contributed by atoms with van der Waals surface area (Å²) in [7, 11) is 1.69. The lowest BCUT2D eigenvalue weighted by atomic mass is 9.95. The number of likely N-dealkylation sites (N-methyl/N-ethyl adjacent to an activating group) is 1. The van der Waals surface area contributed by atoms with Gasteiger partial charge >= 0.3 is 5.97 Å². The van der Waals surface area contributed by atoms with Crippen LogP contribution in [-0.2, 0) is 14.4 Å². The van der Waals surface area contributed by atoms with E-state index in [-0.39, 0.29) is 41.3 Å². The molecule has 2 N–H and O–H groups in total. The smallest absolute Gasteiger partial charge is 0.331 e. The Bertz CT molecular complexity index is 689. The van der Waals surface area contributed by atoms with Gasteiger partial charge in [0.15, 0.2) is 0 Å². The molecule has 2 amide bonds. The molecule has 190 valence electrons. The fraction of sp³-hybridized carbons (Fsp3) is 0.808. The van der Waals surface area contributed by atoms with Crippen molar-refractivity contribution in [1.82, 2.24) is 15.1 Å². The van der Waals surface area contributed by atoms with Gasteiger partial charge in [0.2, 0.25) is 11.8 Å². The van der Waals surface area contributed by atoms with Crippen LogP contribution in [-0.4, -0.2) is 70.4 Å². The summed E-state index contributed by atoms with van der Waals surface area (Å²) >= 11 is 0. The molecule has 0 bridgehead atoms. The third kappa shape index (κ3) is 8.43. The number of carbonyl (C=O) groups excluding carboxylic acids is 2. The number of carbonyl (C=O) groups is 3. The molecule has 0 aromatic carbocycles. The summed E-state index contributed by atoms with van der Waals surface area (Å²) in [5.74, 6) is -1.31. The zero-order valence-corrected chi connectivity index (χ0v) is 22.1. The van der Waals surface area contributed by atoms with E-state index in [1.165, 1.54) is 6.92 Å². The lowest BCUT2D eigenvalue weighted by Gasteiger charge is -2.40. The van der Waals surface area contributed by atoms with Crippen LogP contribution in [0, 0.1) is 11.8 Å². The summed E-state index contributed by atoms with van der Waals surface area (Å²) in [5, 5.41) is 12.4. The molecule has 0 aliphatic carbocycles. The average molecular weight is 466 g/mol. The number of nitrogens with zero attached hydrogens (tertiary/aromatic N) is 2. The minimum atomic E-state index is -0.996. The summed E-state index contributed by atoms with van der Waals surface area (Å²) in [6, 6.07) is -0.893. The van der Waals surface area contributed by atoms with E-state index >= 15 is 0 Å². The van der Waals surface area contributed by atoms with E-state index in [1.54, 1.807) is 18.0 Å². The first kappa shape index (κ1) is 29.1. The predicted molar refractivity (Wildman–Crippen MR) is 133 cm³/mol. The fourth-order valence-corrected chi connectivity index (χ4v) is 4.64. The highest BCUT2D eigenvalue weighted by molar-refractivity contribution is 5.90. The zero-order valence-electron chi connectivity index (χ0n) is 22.1. The third-order valence-corrected chi connectivity index (χ3v) is 6.85. The third-order valence-electron chi connectivity index (χ3n) is 6.85. The molecule has 0 aromatic rings. The van der Waals surface area contributed by atoms with Crippen molar-refractivity contribution in [3.63, 3.8) is 0 Å². The fourth-order valence-electron chi connectivity index (χ4n) is 4.64. The van der Waals surface area contributed by atoms with Gasteiger partial charge in [0.05, 0.1) is 12.1 Å². The summed E-state index contributed by atoms with van der Waals surface area (Å²) in [6.45, 7) is 14.6. The number of piperidine rings is 1. The van der Waals surface area contributed by atoms with Gasteiger partial charge in [-0.15, -0.1) is 0 Å². The Morgan fingerprint density at radius 3 is 2.27 bits per heavy atom. The van der Waals surface area contributed by atoms with Gasteiger partial charge in [-0.25, -0.2) is 4.79 Å². The van der Waals surface area contributed by atoms with Crippen LogP contribution in [0.2, 0.25) is 0 Å². The van der Waals surface area contributed by atoms with Crippen LogP contribution in [0.3, 0.4) is 0 Å². The summed E-state index contributed by atoms with van der Waals surface area (Å²) < 4.78 is 0. The molecule has 1 fully saturated rings. The Kier molecular flexibility index (Phi) is 12.1. The molecule has 4 atom stereocenters. The first-order valence-corrected chi connectivity index (χ1v) is 12.7. The number of unbranched alkanes of at least 4 members (excludes halogenated alkanes) is 1. The van der Waals surface area contributed by atoms with Crippen LogP contribution in [0.25, 0.3) is 0 Å². The second kappa shape index (κ2) is 13.7. The quantitative estimate of drug-likeness (QED) is 0.424. The monoisotopic (exact) mass is 465 g/mol. The number of carboxylic acid groups (broad SMARTS) is 1. The van der Waals surface area contributed by atoms with Gasteiger partial charge in [-0.2, -0.15) is 0 Å². The minimum Gasteiger partial charge on any atom is -0.478 e. The molecule has 33 heavy (non-hydrogen) atoms. The minimum absolute atomic E-state index is 0.0324. The van der Waals surface area contributed by atoms with Crippen molar-refractivity contribution in [1.29, 1.82) is 0 Å². The van der Waals surface area contributed by atoms with E-state index < -0.39 is 12.0 Å². The van der Waals surface area contributed by atoms with Gasteiger partial charge in [0.1, 0.15) is 6.04 Å².